The van der Waals surface area contributed by atoms with Crippen molar-refractivity contribution >= 4 is 0 Å². The zero-order chi connectivity index (χ0) is 25.1. The number of phenolic OH excluding ortho intramolecular Hbond substituents is 4. The molecule has 0 bridgehead atoms. The van der Waals surface area contributed by atoms with Crippen LogP contribution in [-0.2, 0) is 15.9 Å². The molecule has 0 saturated carbocycles. The van der Waals surface area contributed by atoms with Gasteiger partial charge in [0.05, 0.1) is 0 Å². The Bertz CT molecular complexity index is 1180. The van der Waals surface area contributed by atoms with Gasteiger partial charge in [-0.05, 0) is 24.3 Å². The van der Waals surface area contributed by atoms with Gasteiger partial charge in [0.1, 0.15) is 34.2 Å². The smallest absolute Gasteiger partial charge is 0.145 e. The summed E-state index contributed by atoms with van der Waals surface area (Å²) in [6.45, 7) is 8.02. The van der Waals surface area contributed by atoms with Crippen LogP contribution in [0.3, 0.4) is 0 Å². The molecule has 0 unspecified atom stereocenters. The second-order valence-electron chi connectivity index (χ2n) is 8.05. The molecule has 0 aliphatic rings. The molecule has 0 heterocycles. The molecule has 0 amide bonds. The standard InChI is InChI=1S/C30H26O5/c1-3-29(21-13-5-9-17-25(21)31,22-14-6-10-18-26(22)32)35-30(4-2,23-15-7-11-19-27(23)33)24-16-8-12-20-28(24)34/h3-20,31-34H,1-2H2. The molecule has 4 aromatic carbocycles. The molecule has 0 atom stereocenters. The molecule has 0 radical (unpaired) electrons. The van der Waals surface area contributed by atoms with Crippen molar-refractivity contribution in [2.45, 2.75) is 11.2 Å². The van der Waals surface area contributed by atoms with Crippen LogP contribution in [0.5, 0.6) is 23.0 Å². The van der Waals surface area contributed by atoms with Crippen molar-refractivity contribution in [3.8, 4) is 23.0 Å². The van der Waals surface area contributed by atoms with Crippen molar-refractivity contribution < 1.29 is 25.2 Å². The van der Waals surface area contributed by atoms with E-state index in [1.165, 1.54) is 36.4 Å². The van der Waals surface area contributed by atoms with Gasteiger partial charge in [0.25, 0.3) is 0 Å². The van der Waals surface area contributed by atoms with E-state index in [2.05, 4.69) is 13.2 Å². The lowest BCUT2D eigenvalue weighted by atomic mass is 9.80. The Balaban J connectivity index is 2.13. The first-order valence-corrected chi connectivity index (χ1v) is 11.0. The summed E-state index contributed by atoms with van der Waals surface area (Å²) in [5.41, 5.74) is -2.09. The van der Waals surface area contributed by atoms with Crippen LogP contribution in [0.15, 0.2) is 122 Å². The number of benzene rings is 4. The van der Waals surface area contributed by atoms with Crippen LogP contribution in [0.2, 0.25) is 0 Å². The van der Waals surface area contributed by atoms with Crippen LogP contribution in [0.25, 0.3) is 0 Å². The lowest BCUT2D eigenvalue weighted by molar-refractivity contribution is -0.0752. The van der Waals surface area contributed by atoms with Crippen molar-refractivity contribution in [3.05, 3.63) is 145 Å². The summed E-state index contributed by atoms with van der Waals surface area (Å²) in [4.78, 5) is 0. The summed E-state index contributed by atoms with van der Waals surface area (Å²) >= 11 is 0. The van der Waals surface area contributed by atoms with Gasteiger partial charge in [0, 0.05) is 22.3 Å². The van der Waals surface area contributed by atoms with Crippen molar-refractivity contribution in [1.29, 1.82) is 0 Å². The molecule has 4 aromatic rings. The minimum atomic E-state index is -1.64. The van der Waals surface area contributed by atoms with Crippen molar-refractivity contribution in [1.82, 2.24) is 0 Å². The average molecular weight is 467 g/mol. The minimum absolute atomic E-state index is 0.0943. The molecule has 0 aliphatic carbocycles. The molecule has 35 heavy (non-hydrogen) atoms. The molecular formula is C30H26O5. The van der Waals surface area contributed by atoms with Gasteiger partial charge < -0.3 is 25.2 Å². The Kier molecular flexibility index (Phi) is 6.36. The molecule has 4 rings (SSSR count). The molecule has 5 nitrogen and oxygen atoms in total. The maximum atomic E-state index is 10.9. The van der Waals surface area contributed by atoms with Crippen molar-refractivity contribution in [3.63, 3.8) is 0 Å². The van der Waals surface area contributed by atoms with E-state index in [9.17, 15) is 20.4 Å². The highest BCUT2D eigenvalue weighted by molar-refractivity contribution is 5.56. The van der Waals surface area contributed by atoms with Gasteiger partial charge in [-0.15, -0.1) is 0 Å². The summed E-state index contributed by atoms with van der Waals surface area (Å²) in [6.07, 6.45) is 2.94. The van der Waals surface area contributed by atoms with Crippen molar-refractivity contribution in [2.75, 3.05) is 0 Å². The summed E-state index contributed by atoms with van der Waals surface area (Å²) in [7, 11) is 0. The maximum absolute atomic E-state index is 10.9. The first-order valence-electron chi connectivity index (χ1n) is 11.0. The molecule has 0 aromatic heterocycles. The van der Waals surface area contributed by atoms with Gasteiger partial charge in [-0.25, -0.2) is 0 Å². The topological polar surface area (TPSA) is 90.2 Å². The monoisotopic (exact) mass is 466 g/mol. The number of rotatable bonds is 8. The van der Waals surface area contributed by atoms with Gasteiger partial charge in [0.15, 0.2) is 0 Å². The second-order valence-corrected chi connectivity index (χ2v) is 8.05. The Hall–Kier alpha value is -4.48. The van der Waals surface area contributed by atoms with E-state index >= 15 is 0 Å². The zero-order valence-electron chi connectivity index (χ0n) is 19.0. The molecule has 0 aliphatic heterocycles. The van der Waals surface area contributed by atoms with Gasteiger partial charge >= 0.3 is 0 Å². The highest BCUT2D eigenvalue weighted by Crippen LogP contribution is 2.52. The van der Waals surface area contributed by atoms with Gasteiger partial charge in [-0.3, -0.25) is 0 Å². The van der Waals surface area contributed by atoms with Crippen molar-refractivity contribution in [2.24, 2.45) is 0 Å². The maximum Gasteiger partial charge on any atom is 0.145 e. The lowest BCUT2D eigenvalue weighted by Gasteiger charge is -2.43. The number of aromatic hydroxyl groups is 4. The number of hydrogen-bond acceptors (Lipinski definition) is 5. The SMILES string of the molecule is C=CC(OC(C=C)(c1ccccc1O)c1ccccc1O)(c1ccccc1O)c1ccccc1O. The number of para-hydroxylation sites is 4. The third kappa shape index (κ3) is 3.92. The Morgan fingerprint density at radius 1 is 0.457 bits per heavy atom. The van der Waals surface area contributed by atoms with E-state index in [0.717, 1.165) is 0 Å². The van der Waals surface area contributed by atoms with E-state index in [-0.39, 0.29) is 23.0 Å². The third-order valence-corrected chi connectivity index (χ3v) is 6.11. The number of phenols is 4. The predicted molar refractivity (Wildman–Crippen MR) is 135 cm³/mol. The number of hydrogen-bond donors (Lipinski definition) is 4. The third-order valence-electron chi connectivity index (χ3n) is 6.11. The Labute approximate surface area is 204 Å². The van der Waals surface area contributed by atoms with Crippen LogP contribution >= 0.6 is 0 Å². The largest absolute Gasteiger partial charge is 0.508 e. The summed E-state index contributed by atoms with van der Waals surface area (Å²) in [6, 6.07) is 26.3. The summed E-state index contributed by atoms with van der Waals surface area (Å²) in [5.74, 6) is -0.377. The summed E-state index contributed by atoms with van der Waals surface area (Å²) < 4.78 is 6.92. The van der Waals surface area contributed by atoms with E-state index in [0.29, 0.717) is 22.3 Å². The Morgan fingerprint density at radius 3 is 0.886 bits per heavy atom. The molecule has 4 N–H and O–H groups in total. The molecule has 0 fully saturated rings. The molecule has 0 spiro atoms. The van der Waals surface area contributed by atoms with E-state index in [4.69, 9.17) is 4.74 Å². The van der Waals surface area contributed by atoms with Crippen LogP contribution in [0.4, 0.5) is 0 Å². The second kappa shape index (κ2) is 9.41. The normalized spacial score (nSPS) is 11.7. The van der Waals surface area contributed by atoms with Crippen LogP contribution in [0.1, 0.15) is 22.3 Å². The minimum Gasteiger partial charge on any atom is -0.508 e. The van der Waals surface area contributed by atoms with Gasteiger partial charge in [0.2, 0.25) is 0 Å². The predicted octanol–water partition coefficient (Wildman–Crippen LogP) is 6.09. The van der Waals surface area contributed by atoms with E-state index in [1.54, 1.807) is 72.8 Å². The van der Waals surface area contributed by atoms with Gasteiger partial charge in [-0.1, -0.05) is 98.1 Å². The first kappa shape index (κ1) is 23.7. The lowest BCUT2D eigenvalue weighted by Crippen LogP contribution is -2.41. The summed E-state index contributed by atoms with van der Waals surface area (Å²) in [5, 5.41) is 43.7. The zero-order valence-corrected chi connectivity index (χ0v) is 19.0. The van der Waals surface area contributed by atoms with E-state index < -0.39 is 11.2 Å². The van der Waals surface area contributed by atoms with Gasteiger partial charge in [-0.2, -0.15) is 0 Å². The quantitative estimate of drug-likeness (QED) is 0.236. The van der Waals surface area contributed by atoms with Crippen LogP contribution in [-0.4, -0.2) is 20.4 Å². The molecule has 0 saturated heterocycles. The molecular weight excluding hydrogens is 440 g/mol. The highest BCUT2D eigenvalue weighted by Gasteiger charge is 2.47. The van der Waals surface area contributed by atoms with Crippen LogP contribution in [0, 0.1) is 0 Å². The Morgan fingerprint density at radius 2 is 0.686 bits per heavy atom. The fourth-order valence-electron chi connectivity index (χ4n) is 4.44. The highest BCUT2D eigenvalue weighted by atomic mass is 16.5. The molecule has 176 valence electrons. The number of ether oxygens (including phenoxy) is 1. The molecule has 5 heteroatoms. The average Bonchev–Trinajstić information content (AvgIpc) is 2.87. The fraction of sp³-hybridized carbons (Fsp3) is 0.0667. The van der Waals surface area contributed by atoms with E-state index in [1.807, 2.05) is 0 Å². The fourth-order valence-corrected chi connectivity index (χ4v) is 4.44. The van der Waals surface area contributed by atoms with Crippen LogP contribution < -0.4 is 0 Å². The first-order chi connectivity index (χ1) is 16.9.